The van der Waals surface area contributed by atoms with Gasteiger partial charge in [-0.15, -0.1) is 12.4 Å². The number of amides is 1. The first-order valence-corrected chi connectivity index (χ1v) is 7.72. The topological polar surface area (TPSA) is 120 Å². The lowest BCUT2D eigenvalue weighted by Crippen LogP contribution is -2.38. The molecule has 0 saturated carbocycles. The molecule has 1 aliphatic heterocycles. The van der Waals surface area contributed by atoms with Crippen molar-refractivity contribution in [2.24, 2.45) is 5.73 Å². The van der Waals surface area contributed by atoms with E-state index in [1.54, 1.807) is 6.92 Å². The molecular weight excluding hydrogens is 334 g/mol. The first-order chi connectivity index (χ1) is 9.87. The molecule has 1 atom stereocenters. The van der Waals surface area contributed by atoms with E-state index in [9.17, 15) is 13.2 Å². The zero-order valence-corrected chi connectivity index (χ0v) is 13.7. The minimum Gasteiger partial charge on any atom is -0.495 e. The van der Waals surface area contributed by atoms with Crippen molar-refractivity contribution in [1.29, 1.82) is 0 Å². The minimum absolute atomic E-state index is 0. The number of anilines is 1. The molecule has 1 aromatic rings. The van der Waals surface area contributed by atoms with Gasteiger partial charge in [0.1, 0.15) is 16.4 Å². The number of ether oxygens (including phenoxy) is 2. The van der Waals surface area contributed by atoms with E-state index >= 15 is 0 Å². The maximum atomic E-state index is 12.3. The van der Waals surface area contributed by atoms with Gasteiger partial charge >= 0.3 is 0 Å². The van der Waals surface area contributed by atoms with Crippen molar-refractivity contribution in [1.82, 2.24) is 4.72 Å². The van der Waals surface area contributed by atoms with E-state index in [1.165, 1.54) is 19.2 Å². The molecule has 0 aromatic heterocycles. The second-order valence-corrected chi connectivity index (χ2v) is 6.28. The Bertz CT molecular complexity index is 665. The Morgan fingerprint density at radius 1 is 1.50 bits per heavy atom. The van der Waals surface area contributed by atoms with E-state index < -0.39 is 16.1 Å². The van der Waals surface area contributed by atoms with Crippen molar-refractivity contribution in [2.75, 3.05) is 25.6 Å². The molecule has 4 N–H and O–H groups in total. The summed E-state index contributed by atoms with van der Waals surface area (Å²) in [5.74, 6) is 0.0717. The number of methoxy groups -OCH3 is 1. The van der Waals surface area contributed by atoms with Crippen LogP contribution < -0.4 is 25.2 Å². The van der Waals surface area contributed by atoms with Crippen LogP contribution in [0.2, 0.25) is 0 Å². The van der Waals surface area contributed by atoms with Gasteiger partial charge in [-0.25, -0.2) is 13.1 Å². The largest absolute Gasteiger partial charge is 0.495 e. The van der Waals surface area contributed by atoms with E-state index in [0.717, 1.165) is 0 Å². The Morgan fingerprint density at radius 2 is 2.18 bits per heavy atom. The van der Waals surface area contributed by atoms with Crippen LogP contribution in [0, 0.1) is 0 Å². The maximum Gasteiger partial charge on any atom is 0.262 e. The molecule has 1 heterocycles. The van der Waals surface area contributed by atoms with Crippen LogP contribution in [0.25, 0.3) is 0 Å². The fourth-order valence-corrected chi connectivity index (χ4v) is 3.26. The van der Waals surface area contributed by atoms with Crippen LogP contribution in [0.4, 0.5) is 5.69 Å². The quantitative estimate of drug-likeness (QED) is 0.690. The van der Waals surface area contributed by atoms with Gasteiger partial charge in [-0.2, -0.15) is 0 Å². The summed E-state index contributed by atoms with van der Waals surface area (Å²) in [5.41, 5.74) is 5.79. The van der Waals surface area contributed by atoms with Crippen molar-refractivity contribution >= 4 is 34.0 Å². The number of halogens is 1. The highest BCUT2D eigenvalue weighted by molar-refractivity contribution is 7.89. The van der Waals surface area contributed by atoms with Crippen LogP contribution in [0.15, 0.2) is 17.0 Å². The molecule has 10 heteroatoms. The number of fused-ring (bicyclic) bond motifs is 1. The van der Waals surface area contributed by atoms with Crippen molar-refractivity contribution in [3.8, 4) is 11.5 Å². The summed E-state index contributed by atoms with van der Waals surface area (Å²) in [6.45, 7) is 1.66. The molecular formula is C12H18ClN3O5S. The molecule has 0 aliphatic carbocycles. The molecule has 124 valence electrons. The zero-order valence-electron chi connectivity index (χ0n) is 12.1. The van der Waals surface area contributed by atoms with Gasteiger partial charge in [0, 0.05) is 24.7 Å². The summed E-state index contributed by atoms with van der Waals surface area (Å²) < 4.78 is 37.4. The normalized spacial score (nSPS) is 15.0. The van der Waals surface area contributed by atoms with E-state index in [2.05, 4.69) is 10.0 Å². The summed E-state index contributed by atoms with van der Waals surface area (Å²) in [6.07, 6.45) is 0. The van der Waals surface area contributed by atoms with Crippen LogP contribution in [-0.2, 0) is 14.8 Å². The standard InChI is InChI=1S/C12H17N3O5S.ClH/c1-7(5-13)15-21(17,18)11-4-9-8(3-10(11)19-2)14-12(16)6-20-9;/h3-4,7,15H,5-6,13H2,1-2H3,(H,14,16);1H/t7-;/m0./s1. The fraction of sp³-hybridized carbons (Fsp3) is 0.417. The summed E-state index contributed by atoms with van der Waals surface area (Å²) in [5, 5.41) is 2.59. The summed E-state index contributed by atoms with van der Waals surface area (Å²) in [6, 6.07) is 2.31. The maximum absolute atomic E-state index is 12.3. The van der Waals surface area contributed by atoms with E-state index in [4.69, 9.17) is 15.2 Å². The summed E-state index contributed by atoms with van der Waals surface area (Å²) in [4.78, 5) is 11.2. The Labute approximate surface area is 134 Å². The van der Waals surface area contributed by atoms with Gasteiger partial charge in [0.15, 0.2) is 6.61 Å². The second-order valence-electron chi connectivity index (χ2n) is 4.59. The zero-order chi connectivity index (χ0) is 15.6. The number of carbonyl (C=O) groups is 1. The number of carbonyl (C=O) groups excluding carboxylic acids is 1. The molecule has 0 spiro atoms. The molecule has 1 aliphatic rings. The molecule has 0 saturated heterocycles. The highest BCUT2D eigenvalue weighted by atomic mass is 35.5. The van der Waals surface area contributed by atoms with E-state index in [1.807, 2.05) is 0 Å². The smallest absolute Gasteiger partial charge is 0.262 e. The lowest BCUT2D eigenvalue weighted by Gasteiger charge is -2.21. The number of hydrogen-bond acceptors (Lipinski definition) is 6. The van der Waals surface area contributed by atoms with Gasteiger partial charge in [-0.3, -0.25) is 4.79 Å². The van der Waals surface area contributed by atoms with Crippen LogP contribution >= 0.6 is 12.4 Å². The Morgan fingerprint density at radius 3 is 2.77 bits per heavy atom. The van der Waals surface area contributed by atoms with Crippen LogP contribution in [0.1, 0.15) is 6.92 Å². The van der Waals surface area contributed by atoms with Crippen LogP contribution in [-0.4, -0.2) is 40.6 Å². The van der Waals surface area contributed by atoms with Crippen molar-refractivity contribution < 1.29 is 22.7 Å². The van der Waals surface area contributed by atoms with Crippen molar-refractivity contribution in [3.63, 3.8) is 0 Å². The molecule has 0 fully saturated rings. The Balaban J connectivity index is 0.00000242. The predicted molar refractivity (Wildman–Crippen MR) is 83.2 cm³/mol. The number of rotatable bonds is 5. The number of sulfonamides is 1. The van der Waals surface area contributed by atoms with Crippen molar-refractivity contribution in [2.45, 2.75) is 17.9 Å². The summed E-state index contributed by atoms with van der Waals surface area (Å²) >= 11 is 0. The average molecular weight is 352 g/mol. The summed E-state index contributed by atoms with van der Waals surface area (Å²) in [7, 11) is -2.46. The monoisotopic (exact) mass is 351 g/mol. The fourth-order valence-electron chi connectivity index (χ4n) is 1.83. The Kier molecular flexibility index (Phi) is 6.00. The molecule has 0 bridgehead atoms. The molecule has 1 aromatic carbocycles. The third kappa shape index (κ3) is 3.80. The van der Waals surface area contributed by atoms with Gasteiger partial charge in [0.2, 0.25) is 10.0 Å². The van der Waals surface area contributed by atoms with Gasteiger partial charge in [-0.05, 0) is 6.92 Å². The number of benzene rings is 1. The molecule has 8 nitrogen and oxygen atoms in total. The SMILES string of the molecule is COc1cc2c(cc1S(=O)(=O)N[C@@H](C)CN)OCC(=O)N2.Cl. The van der Waals surface area contributed by atoms with Gasteiger partial charge in [-0.1, -0.05) is 0 Å². The lowest BCUT2D eigenvalue weighted by molar-refractivity contribution is -0.118. The van der Waals surface area contributed by atoms with Crippen LogP contribution in [0.3, 0.4) is 0 Å². The molecule has 0 radical (unpaired) electrons. The molecule has 0 unspecified atom stereocenters. The van der Waals surface area contributed by atoms with Gasteiger partial charge < -0.3 is 20.5 Å². The molecule has 22 heavy (non-hydrogen) atoms. The number of nitrogens with two attached hydrogens (primary N) is 1. The predicted octanol–water partition coefficient (Wildman–Crippen LogP) is 0.0734. The van der Waals surface area contributed by atoms with Crippen molar-refractivity contribution in [3.05, 3.63) is 12.1 Å². The van der Waals surface area contributed by atoms with Crippen LogP contribution in [0.5, 0.6) is 11.5 Å². The number of nitrogens with one attached hydrogen (secondary N) is 2. The van der Waals surface area contributed by atoms with E-state index in [-0.39, 0.29) is 47.9 Å². The third-order valence-corrected chi connectivity index (χ3v) is 4.51. The number of hydrogen-bond donors (Lipinski definition) is 3. The lowest BCUT2D eigenvalue weighted by atomic mass is 10.2. The average Bonchev–Trinajstić information content (AvgIpc) is 2.45. The molecule has 2 rings (SSSR count). The Hall–Kier alpha value is -1.55. The van der Waals surface area contributed by atoms with E-state index in [0.29, 0.717) is 5.69 Å². The third-order valence-electron chi connectivity index (χ3n) is 2.90. The highest BCUT2D eigenvalue weighted by Crippen LogP contribution is 2.37. The van der Waals surface area contributed by atoms with Gasteiger partial charge in [0.25, 0.3) is 5.91 Å². The van der Waals surface area contributed by atoms with Gasteiger partial charge in [0.05, 0.1) is 12.8 Å². The first kappa shape index (κ1) is 18.5. The second kappa shape index (κ2) is 7.14. The molecule has 1 amide bonds. The minimum atomic E-state index is -3.81. The first-order valence-electron chi connectivity index (χ1n) is 6.24. The highest BCUT2D eigenvalue weighted by Gasteiger charge is 2.26.